The monoisotopic (exact) mass is 272 g/mol. The van der Waals surface area contributed by atoms with Crippen molar-refractivity contribution in [3.63, 3.8) is 0 Å². The third kappa shape index (κ3) is 3.65. The van der Waals surface area contributed by atoms with Crippen LogP contribution in [0.25, 0.3) is 0 Å². The highest BCUT2D eigenvalue weighted by molar-refractivity contribution is 8.27. The first-order chi connectivity index (χ1) is 7.50. The molecule has 0 fully saturated rings. The molecule has 16 heavy (non-hydrogen) atoms. The van der Waals surface area contributed by atoms with Gasteiger partial charge in [0.2, 0.25) is 0 Å². The van der Waals surface area contributed by atoms with Gasteiger partial charge in [0.1, 0.15) is 11.4 Å². The smallest absolute Gasteiger partial charge is 0.120 e. The van der Waals surface area contributed by atoms with E-state index in [1.165, 1.54) is 0 Å². The maximum Gasteiger partial charge on any atom is 0.120 e. The van der Waals surface area contributed by atoms with Gasteiger partial charge in [-0.1, -0.05) is 13.8 Å². The molecule has 0 spiro atoms. The molecule has 0 aliphatic rings. The summed E-state index contributed by atoms with van der Waals surface area (Å²) in [6.45, 7) is 6.42. The summed E-state index contributed by atoms with van der Waals surface area (Å²) in [5.41, 5.74) is -0.912. The fourth-order valence-electron chi connectivity index (χ4n) is 1.31. The molecule has 0 N–H and O–H groups in total. The van der Waals surface area contributed by atoms with Crippen LogP contribution in [0.15, 0.2) is 24.3 Å². The summed E-state index contributed by atoms with van der Waals surface area (Å²) in [5, 5.41) is 1.06. The van der Waals surface area contributed by atoms with E-state index in [9.17, 15) is 0 Å². The van der Waals surface area contributed by atoms with Gasteiger partial charge in [0.15, 0.2) is 0 Å². The zero-order chi connectivity index (χ0) is 12.2. The Morgan fingerprint density at radius 1 is 1.12 bits per heavy atom. The molecule has 1 aromatic carbocycles. The maximum atomic E-state index is 5.97. The molecule has 0 aromatic heterocycles. The van der Waals surface area contributed by atoms with Crippen LogP contribution in [0.2, 0.25) is 0 Å². The molecule has 0 atom stereocenters. The largest absolute Gasteiger partial charge is 0.488 e. The lowest BCUT2D eigenvalue weighted by molar-refractivity contribution is 0.0803. The Balaban J connectivity index is 2.83. The number of benzene rings is 1. The van der Waals surface area contributed by atoms with E-state index in [1.54, 1.807) is 0 Å². The Kier molecular flexibility index (Phi) is 5.10. The second-order valence-electron chi connectivity index (χ2n) is 4.01. The molecule has 4 heteroatoms. The molecule has 88 valence electrons. The van der Waals surface area contributed by atoms with E-state index in [4.69, 9.17) is 28.4 Å². The van der Waals surface area contributed by atoms with Crippen molar-refractivity contribution in [2.45, 2.75) is 39.2 Å². The Bertz CT molecular complexity index is 398. The van der Waals surface area contributed by atoms with E-state index in [-0.39, 0.29) is 5.60 Å². The van der Waals surface area contributed by atoms with Crippen molar-refractivity contribution >= 4 is 34.4 Å². The molecule has 1 nitrogen and oxygen atoms in total. The quantitative estimate of drug-likeness (QED) is 0.757. The van der Waals surface area contributed by atoms with E-state index < -0.39 is 5.47 Å². The molecule has 1 rings (SSSR count). The van der Waals surface area contributed by atoms with Gasteiger partial charge in [-0.05, 0) is 67.6 Å². The Morgan fingerprint density at radius 2 is 1.62 bits per heavy atom. The van der Waals surface area contributed by atoms with Crippen molar-refractivity contribution in [2.75, 3.05) is 0 Å². The second-order valence-corrected chi connectivity index (χ2v) is 7.93. The summed E-state index contributed by atoms with van der Waals surface area (Å²) in [6.07, 6.45) is 2.00. The number of hydrogen-bond acceptors (Lipinski definition) is 3. The standard InChI is InChI=1S/C12H17OPS2/c1-4-12(3,5-2)13-10-6-8-11(9-7-10)14(15)16/h6-9H,4-5H2,1-3H3. The van der Waals surface area contributed by atoms with Crippen molar-refractivity contribution in [2.24, 2.45) is 0 Å². The van der Waals surface area contributed by atoms with E-state index in [2.05, 4.69) is 20.8 Å². The molecule has 0 bridgehead atoms. The molecule has 0 amide bonds. The fourth-order valence-corrected chi connectivity index (χ4v) is 2.44. The molecule has 0 radical (unpaired) electrons. The summed E-state index contributed by atoms with van der Waals surface area (Å²) in [4.78, 5) is 0. The zero-order valence-electron chi connectivity index (χ0n) is 9.90. The topological polar surface area (TPSA) is 9.23 Å². The highest BCUT2D eigenvalue weighted by Crippen LogP contribution is 2.24. The van der Waals surface area contributed by atoms with Crippen LogP contribution < -0.4 is 10.0 Å². The van der Waals surface area contributed by atoms with Gasteiger partial charge >= 0.3 is 0 Å². The van der Waals surface area contributed by atoms with E-state index >= 15 is 0 Å². The molecule has 1 aromatic rings. The molecule has 0 saturated carbocycles. The van der Waals surface area contributed by atoms with Crippen LogP contribution in [-0.4, -0.2) is 5.60 Å². The minimum Gasteiger partial charge on any atom is -0.488 e. The van der Waals surface area contributed by atoms with Gasteiger partial charge in [0, 0.05) is 10.8 Å². The van der Waals surface area contributed by atoms with Gasteiger partial charge in [0.25, 0.3) is 0 Å². The first kappa shape index (κ1) is 13.8. The lowest BCUT2D eigenvalue weighted by Crippen LogP contribution is -2.30. The van der Waals surface area contributed by atoms with Crippen LogP contribution in [0.4, 0.5) is 0 Å². The summed E-state index contributed by atoms with van der Waals surface area (Å²) in [5.74, 6) is 0.900. The van der Waals surface area contributed by atoms with E-state index in [0.29, 0.717) is 0 Å². The molecule has 0 aliphatic carbocycles. The van der Waals surface area contributed by atoms with Crippen LogP contribution in [0.1, 0.15) is 33.6 Å². The number of rotatable bonds is 5. The summed E-state index contributed by atoms with van der Waals surface area (Å²) in [7, 11) is 0. The first-order valence-corrected chi connectivity index (χ1v) is 8.81. The highest BCUT2D eigenvalue weighted by Gasteiger charge is 2.21. The third-order valence-corrected chi connectivity index (χ3v) is 4.89. The Hall–Kier alpha value is -0.240. The number of hydrogen-bond donors (Lipinski definition) is 0. The molecule has 0 heterocycles. The van der Waals surface area contributed by atoms with Crippen LogP contribution in [-0.2, 0) is 23.6 Å². The third-order valence-electron chi connectivity index (χ3n) is 2.91. The van der Waals surface area contributed by atoms with Crippen molar-refractivity contribution in [1.29, 1.82) is 0 Å². The molecule has 0 aliphatic heterocycles. The lowest BCUT2D eigenvalue weighted by atomic mass is 10.00. The van der Waals surface area contributed by atoms with Crippen LogP contribution in [0, 0.1) is 0 Å². The average molecular weight is 272 g/mol. The fraction of sp³-hybridized carbons (Fsp3) is 0.500. The Morgan fingerprint density at radius 3 is 2.00 bits per heavy atom. The molecule has 0 saturated heterocycles. The van der Waals surface area contributed by atoms with Crippen molar-refractivity contribution < 1.29 is 4.74 Å². The van der Waals surface area contributed by atoms with Crippen molar-refractivity contribution in [1.82, 2.24) is 0 Å². The number of ether oxygens (including phenoxy) is 1. The predicted octanol–water partition coefficient (Wildman–Crippen LogP) is 3.68. The summed E-state index contributed by atoms with van der Waals surface area (Å²) < 4.78 is 5.97. The van der Waals surface area contributed by atoms with Gasteiger partial charge in [-0.2, -0.15) is 0 Å². The van der Waals surface area contributed by atoms with Crippen molar-refractivity contribution in [3.8, 4) is 5.75 Å². The minimum absolute atomic E-state index is 0.0752. The van der Waals surface area contributed by atoms with Gasteiger partial charge in [-0.15, -0.1) is 0 Å². The Labute approximate surface area is 108 Å². The summed E-state index contributed by atoms with van der Waals surface area (Å²) in [6, 6.07) is 7.89. The highest BCUT2D eigenvalue weighted by atomic mass is 32.7. The normalized spacial score (nSPS) is 11.2. The molecular weight excluding hydrogens is 255 g/mol. The van der Waals surface area contributed by atoms with Gasteiger partial charge in [0.05, 0.1) is 0 Å². The van der Waals surface area contributed by atoms with Gasteiger partial charge in [-0.25, -0.2) is 0 Å². The van der Waals surface area contributed by atoms with Crippen LogP contribution in [0.3, 0.4) is 0 Å². The molecule has 0 unspecified atom stereocenters. The average Bonchev–Trinajstić information content (AvgIpc) is 2.29. The summed E-state index contributed by atoms with van der Waals surface area (Å²) >= 11 is 10.2. The molecular formula is C12H17OPS2. The van der Waals surface area contributed by atoms with Crippen LogP contribution >= 0.6 is 5.47 Å². The second kappa shape index (κ2) is 5.90. The van der Waals surface area contributed by atoms with Gasteiger partial charge in [-0.3, -0.25) is 0 Å². The minimum atomic E-state index is -0.837. The zero-order valence-corrected chi connectivity index (χ0v) is 12.4. The maximum absolute atomic E-state index is 5.97. The van der Waals surface area contributed by atoms with Crippen LogP contribution in [0.5, 0.6) is 5.75 Å². The predicted molar refractivity (Wildman–Crippen MR) is 77.3 cm³/mol. The SMILES string of the molecule is CCC(C)(CC)Oc1ccc(P(=S)=S)cc1. The van der Waals surface area contributed by atoms with Gasteiger partial charge < -0.3 is 4.74 Å². The van der Waals surface area contributed by atoms with Crippen molar-refractivity contribution in [3.05, 3.63) is 24.3 Å². The van der Waals surface area contributed by atoms with E-state index in [1.807, 2.05) is 24.3 Å². The lowest BCUT2D eigenvalue weighted by Gasteiger charge is -2.28. The van der Waals surface area contributed by atoms with E-state index in [0.717, 1.165) is 23.9 Å². The first-order valence-electron chi connectivity index (χ1n) is 5.44.